The lowest BCUT2D eigenvalue weighted by Crippen LogP contribution is -2.08. The van der Waals surface area contributed by atoms with Gasteiger partial charge in [0.2, 0.25) is 0 Å². The van der Waals surface area contributed by atoms with Gasteiger partial charge in [0.25, 0.3) is 0 Å². The summed E-state index contributed by atoms with van der Waals surface area (Å²) in [6.07, 6.45) is 0.508. The van der Waals surface area contributed by atoms with Gasteiger partial charge in [0.15, 0.2) is 0 Å². The first kappa shape index (κ1) is 23.4. The highest BCUT2D eigenvalue weighted by atomic mass is 32.1. The largest absolute Gasteiger partial charge is 0.371 e. The average Bonchev–Trinajstić information content (AvgIpc) is 3.03. The Kier molecular flexibility index (Phi) is 27.7. The number of hydrogen-bond acceptors (Lipinski definition) is 3. The molecule has 1 aromatic heterocycles. The summed E-state index contributed by atoms with van der Waals surface area (Å²) in [6, 6.07) is 3.93. The summed E-state index contributed by atoms with van der Waals surface area (Å²) in [5.74, 6) is 0. The number of nitrogens with two attached hydrogens (primary N) is 1. The molecule has 0 amide bonds. The van der Waals surface area contributed by atoms with E-state index in [9.17, 15) is 4.39 Å². The molecular weight excluding hydrogens is 261 g/mol. The van der Waals surface area contributed by atoms with Gasteiger partial charge in [0.05, 0.1) is 19.5 Å². The zero-order valence-electron chi connectivity index (χ0n) is 13.2. The van der Waals surface area contributed by atoms with Crippen LogP contribution in [-0.2, 0) is 11.3 Å². The highest BCUT2D eigenvalue weighted by Crippen LogP contribution is 2.10. The maximum Gasteiger partial charge on any atom is 0.0894 e. The molecule has 114 valence electrons. The first-order valence-corrected chi connectivity index (χ1v) is 7.83. The van der Waals surface area contributed by atoms with Gasteiger partial charge in [-0.15, -0.1) is 11.3 Å². The van der Waals surface area contributed by atoms with Crippen LogP contribution in [0.5, 0.6) is 0 Å². The van der Waals surface area contributed by atoms with Crippen molar-refractivity contribution in [2.24, 2.45) is 5.73 Å². The third-order valence-corrected chi connectivity index (χ3v) is 2.38. The Morgan fingerprint density at radius 1 is 1.26 bits per heavy atom. The predicted molar refractivity (Wildman–Crippen MR) is 86.3 cm³/mol. The van der Waals surface area contributed by atoms with E-state index in [0.717, 1.165) is 4.88 Å². The van der Waals surface area contributed by atoms with Crippen molar-refractivity contribution in [3.63, 3.8) is 0 Å². The molecule has 0 saturated heterocycles. The van der Waals surface area contributed by atoms with Crippen molar-refractivity contribution >= 4 is 11.3 Å². The van der Waals surface area contributed by atoms with E-state index in [1.165, 1.54) is 0 Å². The third kappa shape index (κ3) is 15.2. The Morgan fingerprint density at radius 3 is 2.21 bits per heavy atom. The number of halogens is 1. The summed E-state index contributed by atoms with van der Waals surface area (Å²) in [4.78, 5) is 1.13. The van der Waals surface area contributed by atoms with Gasteiger partial charge in [-0.3, -0.25) is 0 Å². The smallest absolute Gasteiger partial charge is 0.0894 e. The van der Waals surface area contributed by atoms with E-state index in [1.54, 1.807) is 11.3 Å². The second kappa shape index (κ2) is 22.5. The molecule has 0 unspecified atom stereocenters. The summed E-state index contributed by atoms with van der Waals surface area (Å²) >= 11 is 1.62. The lowest BCUT2D eigenvalue weighted by molar-refractivity contribution is 0.143. The SMILES string of the molecule is CC.CC.CC.NC/C(=C\F)COCc1cccs1. The van der Waals surface area contributed by atoms with Gasteiger partial charge in [-0.2, -0.15) is 0 Å². The molecule has 0 aliphatic rings. The molecule has 0 radical (unpaired) electrons. The Balaban J connectivity index is -0.000000375. The summed E-state index contributed by atoms with van der Waals surface area (Å²) < 4.78 is 17.2. The van der Waals surface area contributed by atoms with E-state index in [4.69, 9.17) is 10.5 Å². The van der Waals surface area contributed by atoms with Crippen molar-refractivity contribution < 1.29 is 9.13 Å². The Bertz CT molecular complexity index is 261. The van der Waals surface area contributed by atoms with Gasteiger partial charge in [0, 0.05) is 11.4 Å². The van der Waals surface area contributed by atoms with Crippen molar-refractivity contribution in [3.05, 3.63) is 34.3 Å². The second-order valence-corrected chi connectivity index (χ2v) is 3.58. The van der Waals surface area contributed by atoms with Crippen molar-refractivity contribution in [2.45, 2.75) is 48.1 Å². The van der Waals surface area contributed by atoms with Crippen LogP contribution in [-0.4, -0.2) is 13.2 Å². The van der Waals surface area contributed by atoms with Crippen LogP contribution in [0.1, 0.15) is 46.4 Å². The van der Waals surface area contributed by atoms with Crippen LogP contribution in [0.15, 0.2) is 29.4 Å². The summed E-state index contributed by atoms with van der Waals surface area (Å²) in [7, 11) is 0. The third-order valence-electron chi connectivity index (χ3n) is 1.53. The van der Waals surface area contributed by atoms with Crippen LogP contribution < -0.4 is 5.73 Å². The van der Waals surface area contributed by atoms with E-state index in [1.807, 2.05) is 59.1 Å². The average molecular weight is 291 g/mol. The molecule has 19 heavy (non-hydrogen) atoms. The molecule has 0 aromatic carbocycles. The van der Waals surface area contributed by atoms with Crippen molar-refractivity contribution in [3.8, 4) is 0 Å². The summed E-state index contributed by atoms with van der Waals surface area (Å²) in [5.41, 5.74) is 5.74. The Morgan fingerprint density at radius 2 is 1.84 bits per heavy atom. The highest BCUT2D eigenvalue weighted by Gasteiger charge is 1.96. The number of thiophene rings is 1. The molecule has 2 nitrogen and oxygen atoms in total. The molecule has 0 aliphatic heterocycles. The van der Waals surface area contributed by atoms with Crippen LogP contribution in [0.4, 0.5) is 4.39 Å². The van der Waals surface area contributed by atoms with Crippen LogP contribution in [0, 0.1) is 0 Å². The van der Waals surface area contributed by atoms with E-state index in [-0.39, 0.29) is 13.2 Å². The molecule has 0 saturated carbocycles. The molecular formula is C15H30FNOS. The van der Waals surface area contributed by atoms with Gasteiger partial charge in [-0.1, -0.05) is 47.6 Å². The van der Waals surface area contributed by atoms with Gasteiger partial charge < -0.3 is 10.5 Å². The normalized spacial score (nSPS) is 9.16. The summed E-state index contributed by atoms with van der Waals surface area (Å²) in [6.45, 7) is 13.0. The fourth-order valence-corrected chi connectivity index (χ4v) is 1.45. The maximum absolute atomic E-state index is 12.0. The standard InChI is InChI=1S/C9H12FNOS.3C2H6/c10-4-8(5-11)6-12-7-9-2-1-3-13-9;3*1-2/h1-4H,5-7,11H2;3*1-2H3/b8-4+;;;. The van der Waals surface area contributed by atoms with E-state index < -0.39 is 0 Å². The van der Waals surface area contributed by atoms with Gasteiger partial charge in [0.1, 0.15) is 0 Å². The number of rotatable bonds is 5. The maximum atomic E-state index is 12.0. The number of hydrogen-bond donors (Lipinski definition) is 1. The topological polar surface area (TPSA) is 35.2 Å². The van der Waals surface area contributed by atoms with E-state index in [0.29, 0.717) is 18.5 Å². The fraction of sp³-hybridized carbons (Fsp3) is 0.600. The van der Waals surface area contributed by atoms with Gasteiger partial charge in [-0.05, 0) is 17.0 Å². The lowest BCUT2D eigenvalue weighted by Gasteiger charge is -2.03. The van der Waals surface area contributed by atoms with E-state index >= 15 is 0 Å². The van der Waals surface area contributed by atoms with Crippen molar-refractivity contribution in [2.75, 3.05) is 13.2 Å². The quantitative estimate of drug-likeness (QED) is 0.813. The first-order chi connectivity index (χ1) is 9.36. The van der Waals surface area contributed by atoms with Gasteiger partial charge in [-0.25, -0.2) is 4.39 Å². The van der Waals surface area contributed by atoms with Crippen LogP contribution in [0.3, 0.4) is 0 Å². The minimum absolute atomic E-state index is 0.209. The molecule has 1 rings (SSSR count). The van der Waals surface area contributed by atoms with Crippen LogP contribution >= 0.6 is 11.3 Å². The zero-order chi connectivity index (χ0) is 15.5. The molecule has 2 N–H and O–H groups in total. The molecule has 1 aromatic rings. The molecule has 0 fully saturated rings. The second-order valence-electron chi connectivity index (χ2n) is 2.54. The Hall–Kier alpha value is -0.710. The van der Waals surface area contributed by atoms with Crippen molar-refractivity contribution in [1.29, 1.82) is 0 Å². The summed E-state index contributed by atoms with van der Waals surface area (Å²) in [5, 5.41) is 1.98. The number of ether oxygens (including phenoxy) is 1. The molecule has 0 bridgehead atoms. The Labute approximate surface area is 122 Å². The monoisotopic (exact) mass is 291 g/mol. The highest BCUT2D eigenvalue weighted by molar-refractivity contribution is 7.09. The minimum atomic E-state index is 0.209. The molecule has 1 heterocycles. The van der Waals surface area contributed by atoms with Crippen LogP contribution in [0.2, 0.25) is 0 Å². The molecule has 0 spiro atoms. The predicted octanol–water partition coefficient (Wildman–Crippen LogP) is 5.16. The fourth-order valence-electron chi connectivity index (χ4n) is 0.812. The van der Waals surface area contributed by atoms with Crippen LogP contribution in [0.25, 0.3) is 0 Å². The van der Waals surface area contributed by atoms with E-state index in [2.05, 4.69) is 0 Å². The minimum Gasteiger partial charge on any atom is -0.371 e. The molecule has 0 aliphatic carbocycles. The van der Waals surface area contributed by atoms with Crippen molar-refractivity contribution in [1.82, 2.24) is 0 Å². The molecule has 0 atom stereocenters. The molecule has 4 heteroatoms. The first-order valence-electron chi connectivity index (χ1n) is 6.95. The lowest BCUT2D eigenvalue weighted by atomic mass is 10.3. The van der Waals surface area contributed by atoms with Gasteiger partial charge >= 0.3 is 0 Å². The zero-order valence-corrected chi connectivity index (χ0v) is 14.0.